The van der Waals surface area contributed by atoms with Gasteiger partial charge in [-0.1, -0.05) is 0 Å². The van der Waals surface area contributed by atoms with E-state index >= 15 is 0 Å². The van der Waals surface area contributed by atoms with Gasteiger partial charge in [0.2, 0.25) is 0 Å². The van der Waals surface area contributed by atoms with Crippen LogP contribution in [0.5, 0.6) is 0 Å². The molecule has 0 unspecified atom stereocenters. The molecule has 1 saturated heterocycles. The van der Waals surface area contributed by atoms with E-state index in [0.717, 1.165) is 13.1 Å². The molecule has 0 atom stereocenters. The lowest BCUT2D eigenvalue weighted by molar-refractivity contribution is 0.00708. The van der Waals surface area contributed by atoms with Crippen molar-refractivity contribution < 1.29 is 20.5 Å². The Kier molecular flexibility index (Phi) is 2.27. The second-order valence-electron chi connectivity index (χ2n) is 5.62. The Balaban J connectivity index is 2.60. The largest absolute Gasteiger partial charge is 0.456 e. The fourth-order valence-electron chi connectivity index (χ4n) is 1.64. The van der Waals surface area contributed by atoms with Gasteiger partial charge in [-0.15, -0.1) is 0 Å². The molecule has 1 aromatic carbocycles. The molecule has 5 nitrogen and oxygen atoms in total. The van der Waals surface area contributed by atoms with Crippen LogP contribution in [0.3, 0.4) is 0 Å². The van der Waals surface area contributed by atoms with Gasteiger partial charge in [-0.05, 0) is 46.0 Å². The predicted octanol–water partition coefficient (Wildman–Crippen LogP) is 1.98. The van der Waals surface area contributed by atoms with Crippen LogP contribution in [0.4, 0.5) is 11.4 Å². The molecular formula is C16H25N3O2. The van der Waals surface area contributed by atoms with Gasteiger partial charge in [0.05, 0.1) is 11.0 Å². The highest BCUT2D eigenvalue weighted by Crippen LogP contribution is 2.24. The zero-order valence-electron chi connectivity index (χ0n) is 20.5. The standard InChI is InChI=1S/C16H25N3O2/c1-16(2,3)21-15(20)13-6-5-12(11-14(13)17)19-9-7-18(4)8-10-19/h5-6,11H,7-10,17H2,1-4H3/i7D2,8D2,9D2,10D2. The highest BCUT2D eigenvalue weighted by Gasteiger charge is 2.21. The van der Waals surface area contributed by atoms with Gasteiger partial charge < -0.3 is 20.3 Å². The molecule has 0 amide bonds. The van der Waals surface area contributed by atoms with Crippen molar-refractivity contribution in [2.45, 2.75) is 26.4 Å². The molecule has 0 aliphatic carbocycles. The lowest BCUT2D eigenvalue weighted by atomic mass is 10.1. The molecule has 0 aromatic heterocycles. The number of anilines is 2. The third kappa shape index (κ3) is 4.11. The Morgan fingerprint density at radius 1 is 1.29 bits per heavy atom. The monoisotopic (exact) mass is 299 g/mol. The summed E-state index contributed by atoms with van der Waals surface area (Å²) < 4.78 is 70.5. The van der Waals surface area contributed by atoms with Crippen LogP contribution >= 0.6 is 0 Å². The Hall–Kier alpha value is -1.75. The van der Waals surface area contributed by atoms with Crippen molar-refractivity contribution in [1.82, 2.24) is 4.90 Å². The Bertz CT molecular complexity index is 795. The Morgan fingerprint density at radius 2 is 1.90 bits per heavy atom. The highest BCUT2D eigenvalue weighted by atomic mass is 16.6. The first kappa shape index (κ1) is 8.03. The van der Waals surface area contributed by atoms with E-state index in [1.165, 1.54) is 12.1 Å². The zero-order chi connectivity index (χ0) is 22.8. The van der Waals surface area contributed by atoms with E-state index in [2.05, 4.69) is 0 Å². The van der Waals surface area contributed by atoms with Crippen molar-refractivity contribution in [1.29, 1.82) is 0 Å². The number of nitrogens with zero attached hydrogens (tertiary/aromatic N) is 2. The summed E-state index contributed by atoms with van der Waals surface area (Å²) in [5.41, 5.74) is 4.76. The van der Waals surface area contributed by atoms with Crippen molar-refractivity contribution in [2.24, 2.45) is 0 Å². The summed E-state index contributed by atoms with van der Waals surface area (Å²) in [6.45, 7) is -6.71. The molecule has 21 heavy (non-hydrogen) atoms. The molecule has 1 heterocycles. The summed E-state index contributed by atoms with van der Waals surface area (Å²) in [4.78, 5) is 13.1. The molecular weight excluding hydrogens is 266 g/mol. The number of rotatable bonds is 2. The number of likely N-dealkylation sites (N-methyl/N-ethyl adjacent to an activating group) is 1. The SMILES string of the molecule is [2H]C1([2H])N(C)C([2H])([2H])C([2H])([2H])N(c2ccc(C(=O)OC(C)(C)C)c(N)c2)C1([2H])[2H]. The zero-order valence-corrected chi connectivity index (χ0v) is 12.5. The summed E-state index contributed by atoms with van der Waals surface area (Å²) in [5.74, 6) is -0.725. The summed E-state index contributed by atoms with van der Waals surface area (Å²) in [6.07, 6.45) is 0. The lowest BCUT2D eigenvalue weighted by Crippen LogP contribution is -2.44. The number of carbonyl (C=O) groups excluding carboxylic acids is 1. The smallest absolute Gasteiger partial charge is 0.340 e. The number of ether oxygens (including phenoxy) is 1. The van der Waals surface area contributed by atoms with Crippen molar-refractivity contribution in [2.75, 3.05) is 43.7 Å². The number of carbonyl (C=O) groups is 1. The molecule has 1 fully saturated rings. The van der Waals surface area contributed by atoms with Crippen LogP contribution in [0.2, 0.25) is 0 Å². The van der Waals surface area contributed by atoms with Crippen LogP contribution in [0, 0.1) is 0 Å². The van der Waals surface area contributed by atoms with E-state index in [1.54, 1.807) is 20.8 Å². The maximum atomic E-state index is 12.3. The summed E-state index contributed by atoms with van der Waals surface area (Å²) in [7, 11) is 0.979. The fraction of sp³-hybridized carbons (Fsp3) is 0.562. The maximum absolute atomic E-state index is 12.3. The van der Waals surface area contributed by atoms with Gasteiger partial charge in [0.1, 0.15) is 5.60 Å². The molecule has 116 valence electrons. The average Bonchev–Trinajstić information content (AvgIpc) is 2.50. The number of hydrogen-bond donors (Lipinski definition) is 1. The summed E-state index contributed by atoms with van der Waals surface area (Å²) in [5, 5.41) is 0. The number of hydrogen-bond acceptors (Lipinski definition) is 5. The van der Waals surface area contributed by atoms with Crippen LogP contribution in [-0.2, 0) is 4.74 Å². The van der Waals surface area contributed by atoms with Crippen LogP contribution < -0.4 is 10.6 Å². The van der Waals surface area contributed by atoms with Crippen LogP contribution in [0.15, 0.2) is 18.2 Å². The molecule has 1 aliphatic rings. The molecule has 2 rings (SSSR count). The fourth-order valence-corrected chi connectivity index (χ4v) is 1.64. The normalized spacial score (nSPS) is 32.1. The minimum atomic E-state index is -2.98. The van der Waals surface area contributed by atoms with Crippen LogP contribution in [0.1, 0.15) is 42.1 Å². The van der Waals surface area contributed by atoms with E-state index in [-0.39, 0.29) is 16.9 Å². The van der Waals surface area contributed by atoms with Gasteiger partial charge in [0.25, 0.3) is 0 Å². The first-order valence-electron chi connectivity index (χ1n) is 10.5. The maximum Gasteiger partial charge on any atom is 0.340 e. The first-order valence-corrected chi connectivity index (χ1v) is 6.45. The van der Waals surface area contributed by atoms with Gasteiger partial charge in [-0.3, -0.25) is 0 Å². The summed E-state index contributed by atoms with van der Waals surface area (Å²) >= 11 is 0. The van der Waals surface area contributed by atoms with Crippen LogP contribution in [0.25, 0.3) is 0 Å². The highest BCUT2D eigenvalue weighted by molar-refractivity contribution is 5.96. The van der Waals surface area contributed by atoms with Gasteiger partial charge in [-0.2, -0.15) is 0 Å². The van der Waals surface area contributed by atoms with Gasteiger partial charge in [0.15, 0.2) is 0 Å². The summed E-state index contributed by atoms with van der Waals surface area (Å²) in [6, 6.07) is 3.50. The van der Waals surface area contributed by atoms with E-state index < -0.39 is 37.6 Å². The molecule has 5 heteroatoms. The minimum Gasteiger partial charge on any atom is -0.456 e. The lowest BCUT2D eigenvalue weighted by Gasteiger charge is -2.34. The third-order valence-electron chi connectivity index (χ3n) is 2.57. The van der Waals surface area contributed by atoms with Crippen molar-refractivity contribution >= 4 is 17.3 Å². The molecule has 0 bridgehead atoms. The van der Waals surface area contributed by atoms with Crippen LogP contribution in [-0.4, -0.2) is 49.5 Å². The topological polar surface area (TPSA) is 58.8 Å². The van der Waals surface area contributed by atoms with E-state index in [9.17, 15) is 4.79 Å². The third-order valence-corrected chi connectivity index (χ3v) is 2.57. The number of piperazine rings is 1. The number of nitrogen functional groups attached to an aromatic ring is 1. The number of benzene rings is 1. The average molecular weight is 299 g/mol. The second-order valence-corrected chi connectivity index (χ2v) is 5.62. The second kappa shape index (κ2) is 5.93. The van der Waals surface area contributed by atoms with Gasteiger partial charge in [0, 0.05) is 42.8 Å². The Morgan fingerprint density at radius 3 is 2.43 bits per heavy atom. The number of esters is 1. The van der Waals surface area contributed by atoms with Crippen molar-refractivity contribution in [3.8, 4) is 0 Å². The molecule has 0 radical (unpaired) electrons. The minimum absolute atomic E-state index is 0.0232. The van der Waals surface area contributed by atoms with Gasteiger partial charge >= 0.3 is 5.97 Å². The first-order chi connectivity index (χ1) is 12.8. The van der Waals surface area contributed by atoms with Crippen molar-refractivity contribution in [3.05, 3.63) is 23.8 Å². The molecule has 0 spiro atoms. The van der Waals surface area contributed by atoms with E-state index in [0.29, 0.717) is 9.80 Å². The predicted molar refractivity (Wildman–Crippen MR) is 85.7 cm³/mol. The molecule has 0 saturated carbocycles. The molecule has 1 aliphatic heterocycles. The van der Waals surface area contributed by atoms with E-state index in [4.69, 9.17) is 21.4 Å². The number of nitrogens with two attached hydrogens (primary N) is 1. The molecule has 2 N–H and O–H groups in total. The van der Waals surface area contributed by atoms with Gasteiger partial charge in [-0.25, -0.2) is 4.79 Å². The van der Waals surface area contributed by atoms with E-state index in [1.807, 2.05) is 0 Å². The Labute approximate surface area is 137 Å². The quantitative estimate of drug-likeness (QED) is 0.668. The van der Waals surface area contributed by atoms with Crippen molar-refractivity contribution in [3.63, 3.8) is 0 Å². The molecule has 1 aromatic rings.